The van der Waals surface area contributed by atoms with Crippen LogP contribution in [0.15, 0.2) is 36.7 Å². The number of hydrogen-bond acceptors (Lipinski definition) is 2. The van der Waals surface area contributed by atoms with E-state index < -0.39 is 0 Å². The molecule has 0 saturated carbocycles. The Bertz CT molecular complexity index is 567. The number of carbonyl (C=O) groups is 1. The molecule has 0 spiro atoms. The number of H-pyrrole nitrogens is 1. The molecule has 1 aromatic heterocycles. The predicted octanol–water partition coefficient (Wildman–Crippen LogP) is 2.04. The van der Waals surface area contributed by atoms with E-state index in [-0.39, 0.29) is 17.3 Å². The molecule has 0 bridgehead atoms. The maximum absolute atomic E-state index is 12.0. The van der Waals surface area contributed by atoms with Crippen LogP contribution in [0.3, 0.4) is 0 Å². The summed E-state index contributed by atoms with van der Waals surface area (Å²) in [7, 11) is 0. The number of aromatic amines is 1. The zero-order valence-electron chi connectivity index (χ0n) is 9.56. The molecule has 1 heterocycles. The Morgan fingerprint density at radius 3 is 3.06 bits per heavy atom. The number of rotatable bonds is 2. The predicted molar refractivity (Wildman–Crippen MR) is 68.6 cm³/mol. The highest BCUT2D eigenvalue weighted by Crippen LogP contribution is 2.34. The zero-order valence-corrected chi connectivity index (χ0v) is 10.3. The molecule has 2 aromatic rings. The van der Waals surface area contributed by atoms with Crippen molar-refractivity contribution in [1.82, 2.24) is 15.5 Å². The molecule has 1 aliphatic rings. The lowest BCUT2D eigenvalue weighted by Crippen LogP contribution is -2.31. The number of carbonyl (C=O) groups excluding carboxylic acids is 1. The van der Waals surface area contributed by atoms with E-state index in [9.17, 15) is 4.79 Å². The van der Waals surface area contributed by atoms with Gasteiger partial charge in [0, 0.05) is 6.20 Å². The fourth-order valence-corrected chi connectivity index (χ4v) is 2.68. The lowest BCUT2D eigenvalue weighted by molar-refractivity contribution is 0.0937. The Morgan fingerprint density at radius 1 is 1.44 bits per heavy atom. The van der Waals surface area contributed by atoms with Gasteiger partial charge in [-0.1, -0.05) is 24.3 Å². The maximum atomic E-state index is 12.0. The van der Waals surface area contributed by atoms with Crippen molar-refractivity contribution in [2.24, 2.45) is 0 Å². The number of nitrogens with zero attached hydrogens (tertiary/aromatic N) is 1. The molecular formula is C13H12ClN3O. The van der Waals surface area contributed by atoms with Gasteiger partial charge in [-0.2, -0.15) is 5.10 Å². The number of amides is 1. The summed E-state index contributed by atoms with van der Waals surface area (Å²) in [6.07, 6.45) is 3.85. The first-order valence-corrected chi connectivity index (χ1v) is 6.21. The minimum Gasteiger partial charge on any atom is -0.344 e. The van der Waals surface area contributed by atoms with E-state index in [1.807, 2.05) is 18.2 Å². The minimum atomic E-state index is -0.156. The number of alkyl halides is 1. The van der Waals surface area contributed by atoms with Crippen molar-refractivity contribution in [1.29, 1.82) is 0 Å². The topological polar surface area (TPSA) is 57.8 Å². The van der Waals surface area contributed by atoms with Gasteiger partial charge in [0.2, 0.25) is 0 Å². The molecule has 92 valence electrons. The molecule has 18 heavy (non-hydrogen) atoms. The van der Waals surface area contributed by atoms with Crippen LogP contribution in [0.5, 0.6) is 0 Å². The van der Waals surface area contributed by atoms with Crippen molar-refractivity contribution in [3.05, 3.63) is 53.3 Å². The van der Waals surface area contributed by atoms with E-state index in [1.54, 1.807) is 6.20 Å². The highest BCUT2D eigenvalue weighted by molar-refractivity contribution is 6.21. The van der Waals surface area contributed by atoms with Crippen molar-refractivity contribution < 1.29 is 4.79 Å². The van der Waals surface area contributed by atoms with E-state index in [0.29, 0.717) is 5.56 Å². The van der Waals surface area contributed by atoms with E-state index in [2.05, 4.69) is 21.6 Å². The monoisotopic (exact) mass is 261 g/mol. The van der Waals surface area contributed by atoms with Gasteiger partial charge in [-0.05, 0) is 17.5 Å². The summed E-state index contributed by atoms with van der Waals surface area (Å²) in [6.45, 7) is 0. The minimum absolute atomic E-state index is 0.0988. The third-order valence-corrected chi connectivity index (χ3v) is 3.62. The second-order valence-corrected chi connectivity index (χ2v) is 4.92. The van der Waals surface area contributed by atoms with Crippen molar-refractivity contribution in [3.63, 3.8) is 0 Å². The van der Waals surface area contributed by atoms with Crippen LogP contribution >= 0.6 is 11.6 Å². The number of benzene rings is 1. The first-order valence-electron chi connectivity index (χ1n) is 5.77. The largest absolute Gasteiger partial charge is 0.344 e. The first-order chi connectivity index (χ1) is 8.75. The number of aromatic nitrogens is 2. The molecule has 0 aliphatic heterocycles. The summed E-state index contributed by atoms with van der Waals surface area (Å²) in [5, 5.41) is 9.24. The third-order valence-electron chi connectivity index (χ3n) is 3.21. The van der Waals surface area contributed by atoms with Gasteiger partial charge < -0.3 is 5.32 Å². The molecule has 0 radical (unpaired) electrons. The highest BCUT2D eigenvalue weighted by Gasteiger charge is 2.32. The molecule has 2 N–H and O–H groups in total. The zero-order chi connectivity index (χ0) is 12.5. The average Bonchev–Trinajstić information content (AvgIpc) is 2.98. The van der Waals surface area contributed by atoms with Crippen molar-refractivity contribution in [2.75, 3.05) is 0 Å². The Balaban J connectivity index is 1.83. The number of halogens is 1. The highest BCUT2D eigenvalue weighted by atomic mass is 35.5. The van der Waals surface area contributed by atoms with Crippen LogP contribution in [0.4, 0.5) is 0 Å². The Kier molecular flexibility index (Phi) is 2.80. The van der Waals surface area contributed by atoms with Crippen LogP contribution < -0.4 is 5.32 Å². The number of fused-ring (bicyclic) bond motifs is 1. The summed E-state index contributed by atoms with van der Waals surface area (Å²) >= 11 is 6.31. The molecule has 0 fully saturated rings. The summed E-state index contributed by atoms with van der Waals surface area (Å²) in [4.78, 5) is 12.0. The molecule has 3 rings (SSSR count). The van der Waals surface area contributed by atoms with Crippen molar-refractivity contribution >= 4 is 17.5 Å². The van der Waals surface area contributed by atoms with Gasteiger partial charge in [-0.3, -0.25) is 9.89 Å². The fourth-order valence-electron chi connectivity index (χ4n) is 2.31. The number of hydrogen-bond donors (Lipinski definition) is 2. The van der Waals surface area contributed by atoms with Gasteiger partial charge in [0.15, 0.2) is 0 Å². The van der Waals surface area contributed by atoms with Gasteiger partial charge in [-0.25, -0.2) is 0 Å². The smallest absolute Gasteiger partial charge is 0.254 e. The van der Waals surface area contributed by atoms with Gasteiger partial charge in [-0.15, -0.1) is 11.6 Å². The normalized spacial score (nSPS) is 21.6. The lowest BCUT2D eigenvalue weighted by atomic mass is 10.1. The van der Waals surface area contributed by atoms with Crippen molar-refractivity contribution in [2.45, 2.75) is 17.8 Å². The Morgan fingerprint density at radius 2 is 2.28 bits per heavy atom. The molecule has 2 unspecified atom stereocenters. The SMILES string of the molecule is O=C(NC1c2ccccc2CC1Cl)c1cn[nH]c1. The van der Waals surface area contributed by atoms with Crippen LogP contribution in [0.1, 0.15) is 27.5 Å². The average molecular weight is 262 g/mol. The lowest BCUT2D eigenvalue weighted by Gasteiger charge is -2.16. The standard InChI is InChI=1S/C13H12ClN3O/c14-11-5-8-3-1-2-4-10(8)12(11)17-13(18)9-6-15-16-7-9/h1-4,6-7,11-12H,5H2,(H,15,16)(H,17,18). The Hall–Kier alpha value is -1.81. The van der Waals surface area contributed by atoms with Gasteiger partial charge in [0.1, 0.15) is 0 Å². The third kappa shape index (κ3) is 1.88. The van der Waals surface area contributed by atoms with E-state index >= 15 is 0 Å². The molecule has 5 heteroatoms. The van der Waals surface area contributed by atoms with Crippen LogP contribution in [0.25, 0.3) is 0 Å². The van der Waals surface area contributed by atoms with Crippen LogP contribution in [-0.4, -0.2) is 21.5 Å². The van der Waals surface area contributed by atoms with Gasteiger partial charge in [0.25, 0.3) is 5.91 Å². The van der Waals surface area contributed by atoms with Crippen LogP contribution in [-0.2, 0) is 6.42 Å². The summed E-state index contributed by atoms with van der Waals surface area (Å²) in [6, 6.07) is 7.88. The molecule has 0 saturated heterocycles. The van der Waals surface area contributed by atoms with E-state index in [0.717, 1.165) is 12.0 Å². The van der Waals surface area contributed by atoms with Crippen molar-refractivity contribution in [3.8, 4) is 0 Å². The molecule has 1 aliphatic carbocycles. The summed E-state index contributed by atoms with van der Waals surface area (Å²) in [5.41, 5.74) is 2.83. The maximum Gasteiger partial charge on any atom is 0.254 e. The summed E-state index contributed by atoms with van der Waals surface area (Å²) < 4.78 is 0. The van der Waals surface area contributed by atoms with Crippen LogP contribution in [0, 0.1) is 0 Å². The van der Waals surface area contributed by atoms with Gasteiger partial charge >= 0.3 is 0 Å². The second kappa shape index (κ2) is 4.46. The molecule has 1 amide bonds. The van der Waals surface area contributed by atoms with Gasteiger partial charge in [0.05, 0.1) is 23.2 Å². The molecule has 1 aromatic carbocycles. The Labute approximate surface area is 109 Å². The number of nitrogens with one attached hydrogen (secondary N) is 2. The molecule has 2 atom stereocenters. The first kappa shape index (κ1) is 11.3. The molecular weight excluding hydrogens is 250 g/mol. The van der Waals surface area contributed by atoms with E-state index in [1.165, 1.54) is 11.8 Å². The quantitative estimate of drug-likeness (QED) is 0.813. The van der Waals surface area contributed by atoms with E-state index in [4.69, 9.17) is 11.6 Å². The van der Waals surface area contributed by atoms with Crippen LogP contribution in [0.2, 0.25) is 0 Å². The fraction of sp³-hybridized carbons (Fsp3) is 0.231. The second-order valence-electron chi connectivity index (χ2n) is 4.36. The summed E-state index contributed by atoms with van der Waals surface area (Å²) in [5.74, 6) is -0.156. The molecule has 4 nitrogen and oxygen atoms in total.